The molecule has 2 aliphatic rings. The standard InChI is InChI=1S/C16H21ClN2O2/c17-13-3-1-2-12-11(13)4-5-14(12)19-16(20)15(18)10-6-8-21-9-7-10/h1-3,10,14-15H,4-9,18H2,(H,19,20). The number of hydrogen-bond acceptors (Lipinski definition) is 3. The number of amides is 1. The minimum absolute atomic E-state index is 0.0390. The van der Waals surface area contributed by atoms with Crippen molar-refractivity contribution in [1.82, 2.24) is 5.32 Å². The van der Waals surface area contributed by atoms with Gasteiger partial charge in [0.2, 0.25) is 5.91 Å². The van der Waals surface area contributed by atoms with Gasteiger partial charge in [0.1, 0.15) is 0 Å². The van der Waals surface area contributed by atoms with Gasteiger partial charge in [-0.2, -0.15) is 0 Å². The quantitative estimate of drug-likeness (QED) is 0.899. The van der Waals surface area contributed by atoms with Gasteiger partial charge >= 0.3 is 0 Å². The second-order valence-electron chi connectivity index (χ2n) is 5.88. The fourth-order valence-corrected chi connectivity index (χ4v) is 3.59. The number of nitrogens with two attached hydrogens (primary N) is 1. The molecule has 3 rings (SSSR count). The highest BCUT2D eigenvalue weighted by Gasteiger charge is 2.30. The van der Waals surface area contributed by atoms with Crippen LogP contribution in [0.2, 0.25) is 5.02 Å². The summed E-state index contributed by atoms with van der Waals surface area (Å²) in [6, 6.07) is 5.47. The van der Waals surface area contributed by atoms with E-state index in [1.165, 1.54) is 0 Å². The van der Waals surface area contributed by atoms with Crippen LogP contribution < -0.4 is 11.1 Å². The molecule has 5 heteroatoms. The van der Waals surface area contributed by atoms with Crippen molar-refractivity contribution < 1.29 is 9.53 Å². The Kier molecular flexibility index (Phi) is 4.48. The maximum atomic E-state index is 12.4. The van der Waals surface area contributed by atoms with Gasteiger partial charge in [-0.05, 0) is 48.8 Å². The zero-order chi connectivity index (χ0) is 14.8. The second-order valence-corrected chi connectivity index (χ2v) is 6.29. The summed E-state index contributed by atoms with van der Waals surface area (Å²) in [5.74, 6) is 0.165. The van der Waals surface area contributed by atoms with Crippen molar-refractivity contribution in [2.45, 2.75) is 37.8 Å². The van der Waals surface area contributed by atoms with Crippen LogP contribution in [0.1, 0.15) is 36.4 Å². The third-order valence-electron chi connectivity index (χ3n) is 4.61. The molecule has 0 radical (unpaired) electrons. The van der Waals surface area contributed by atoms with Crippen LogP contribution in [-0.2, 0) is 16.0 Å². The van der Waals surface area contributed by atoms with Crippen molar-refractivity contribution in [1.29, 1.82) is 0 Å². The monoisotopic (exact) mass is 308 g/mol. The number of ether oxygens (including phenoxy) is 1. The van der Waals surface area contributed by atoms with Crippen molar-refractivity contribution in [2.75, 3.05) is 13.2 Å². The van der Waals surface area contributed by atoms with Gasteiger partial charge in [-0.15, -0.1) is 0 Å². The van der Waals surface area contributed by atoms with Crippen LogP contribution in [0.15, 0.2) is 18.2 Å². The number of halogens is 1. The molecule has 0 spiro atoms. The highest BCUT2D eigenvalue weighted by molar-refractivity contribution is 6.31. The van der Waals surface area contributed by atoms with Gasteiger partial charge in [-0.25, -0.2) is 0 Å². The number of carbonyl (C=O) groups is 1. The van der Waals surface area contributed by atoms with E-state index in [0.717, 1.165) is 41.8 Å². The fourth-order valence-electron chi connectivity index (χ4n) is 3.32. The zero-order valence-electron chi connectivity index (χ0n) is 12.0. The number of rotatable bonds is 3. The highest BCUT2D eigenvalue weighted by Crippen LogP contribution is 2.35. The van der Waals surface area contributed by atoms with Crippen molar-refractivity contribution >= 4 is 17.5 Å². The summed E-state index contributed by atoms with van der Waals surface area (Å²) < 4.78 is 5.32. The summed E-state index contributed by atoms with van der Waals surface area (Å²) >= 11 is 6.20. The molecule has 1 fully saturated rings. The lowest BCUT2D eigenvalue weighted by molar-refractivity contribution is -0.125. The lowest BCUT2D eigenvalue weighted by atomic mass is 9.91. The topological polar surface area (TPSA) is 64.4 Å². The van der Waals surface area contributed by atoms with Crippen LogP contribution in [0.4, 0.5) is 0 Å². The van der Waals surface area contributed by atoms with E-state index in [2.05, 4.69) is 5.32 Å². The van der Waals surface area contributed by atoms with Crippen molar-refractivity contribution in [3.63, 3.8) is 0 Å². The van der Waals surface area contributed by atoms with Crippen LogP contribution in [0.5, 0.6) is 0 Å². The molecule has 0 saturated carbocycles. The molecule has 3 N–H and O–H groups in total. The molecule has 1 saturated heterocycles. The lowest BCUT2D eigenvalue weighted by Crippen LogP contribution is -2.47. The molecular weight excluding hydrogens is 288 g/mol. The van der Waals surface area contributed by atoms with E-state index in [-0.39, 0.29) is 17.9 Å². The molecule has 1 aliphatic carbocycles. The predicted molar refractivity (Wildman–Crippen MR) is 82.2 cm³/mol. The Morgan fingerprint density at radius 3 is 2.86 bits per heavy atom. The lowest BCUT2D eigenvalue weighted by Gasteiger charge is -2.28. The Balaban J connectivity index is 1.65. The second kappa shape index (κ2) is 6.34. The summed E-state index contributed by atoms with van der Waals surface area (Å²) in [6.45, 7) is 1.40. The van der Waals surface area contributed by atoms with Crippen LogP contribution in [0, 0.1) is 5.92 Å². The van der Waals surface area contributed by atoms with Crippen molar-refractivity contribution in [3.05, 3.63) is 34.3 Å². The van der Waals surface area contributed by atoms with E-state index in [1.807, 2.05) is 18.2 Å². The smallest absolute Gasteiger partial charge is 0.237 e. The van der Waals surface area contributed by atoms with E-state index in [9.17, 15) is 4.79 Å². The molecule has 4 nitrogen and oxygen atoms in total. The normalized spacial score (nSPS) is 23.6. The molecule has 0 bridgehead atoms. The largest absolute Gasteiger partial charge is 0.381 e. The van der Waals surface area contributed by atoms with Gasteiger partial charge in [-0.1, -0.05) is 23.7 Å². The van der Waals surface area contributed by atoms with Gasteiger partial charge in [0.25, 0.3) is 0 Å². The SMILES string of the molecule is NC(C(=O)NC1CCc2c(Cl)cccc21)C1CCOCC1. The first-order chi connectivity index (χ1) is 10.2. The number of nitrogens with one attached hydrogen (secondary N) is 1. The molecule has 1 aromatic carbocycles. The minimum Gasteiger partial charge on any atom is -0.381 e. The van der Waals surface area contributed by atoms with Crippen LogP contribution in [-0.4, -0.2) is 25.2 Å². The van der Waals surface area contributed by atoms with Gasteiger partial charge in [0.05, 0.1) is 12.1 Å². The van der Waals surface area contributed by atoms with E-state index >= 15 is 0 Å². The van der Waals surface area contributed by atoms with Gasteiger partial charge in [0.15, 0.2) is 0 Å². The third-order valence-corrected chi connectivity index (χ3v) is 4.96. The summed E-state index contributed by atoms with van der Waals surface area (Å²) in [5.41, 5.74) is 8.42. The van der Waals surface area contributed by atoms with E-state index < -0.39 is 6.04 Å². The maximum absolute atomic E-state index is 12.4. The van der Waals surface area contributed by atoms with E-state index in [1.54, 1.807) is 0 Å². The van der Waals surface area contributed by atoms with E-state index in [4.69, 9.17) is 22.1 Å². The van der Waals surface area contributed by atoms with Gasteiger partial charge < -0.3 is 15.8 Å². The predicted octanol–water partition coefficient (Wildman–Crippen LogP) is 2.20. The Labute approximate surface area is 130 Å². The average molecular weight is 309 g/mol. The first kappa shape index (κ1) is 14.8. The number of carbonyl (C=O) groups excluding carboxylic acids is 1. The first-order valence-electron chi connectivity index (χ1n) is 7.58. The van der Waals surface area contributed by atoms with Crippen molar-refractivity contribution in [3.8, 4) is 0 Å². The maximum Gasteiger partial charge on any atom is 0.237 e. The molecule has 1 aromatic rings. The summed E-state index contributed by atoms with van der Waals surface area (Å²) in [7, 11) is 0. The number of fused-ring (bicyclic) bond motifs is 1. The Bertz CT molecular complexity index is 529. The molecule has 0 aromatic heterocycles. The fraction of sp³-hybridized carbons (Fsp3) is 0.562. The molecule has 21 heavy (non-hydrogen) atoms. The summed E-state index contributed by atoms with van der Waals surface area (Å²) in [5, 5.41) is 3.89. The zero-order valence-corrected chi connectivity index (χ0v) is 12.7. The summed E-state index contributed by atoms with van der Waals surface area (Å²) in [6.07, 6.45) is 3.53. The third kappa shape index (κ3) is 3.07. The molecule has 1 aliphatic heterocycles. The van der Waals surface area contributed by atoms with Gasteiger partial charge in [-0.3, -0.25) is 4.79 Å². The Morgan fingerprint density at radius 1 is 1.33 bits per heavy atom. The molecule has 2 unspecified atom stereocenters. The molecule has 1 heterocycles. The van der Waals surface area contributed by atoms with Crippen LogP contribution >= 0.6 is 11.6 Å². The average Bonchev–Trinajstić information content (AvgIpc) is 2.92. The Hall–Kier alpha value is -1.10. The summed E-state index contributed by atoms with van der Waals surface area (Å²) in [4.78, 5) is 12.4. The Morgan fingerprint density at radius 2 is 2.10 bits per heavy atom. The minimum atomic E-state index is -0.447. The number of hydrogen-bond donors (Lipinski definition) is 2. The number of benzene rings is 1. The first-order valence-corrected chi connectivity index (χ1v) is 7.95. The van der Waals surface area contributed by atoms with Crippen LogP contribution in [0.25, 0.3) is 0 Å². The molecular formula is C16H21ClN2O2. The van der Waals surface area contributed by atoms with Crippen LogP contribution in [0.3, 0.4) is 0 Å². The van der Waals surface area contributed by atoms with Crippen molar-refractivity contribution in [2.24, 2.45) is 11.7 Å². The van der Waals surface area contributed by atoms with E-state index in [0.29, 0.717) is 13.2 Å². The van der Waals surface area contributed by atoms with Gasteiger partial charge in [0, 0.05) is 18.2 Å². The molecule has 2 atom stereocenters. The molecule has 114 valence electrons. The molecule has 1 amide bonds. The highest BCUT2D eigenvalue weighted by atomic mass is 35.5.